The molecule has 1 aliphatic heterocycles. The Hall–Kier alpha value is -2.67. The highest BCUT2D eigenvalue weighted by molar-refractivity contribution is 7.99. The first-order chi connectivity index (χ1) is 11.7. The predicted molar refractivity (Wildman–Crippen MR) is 93.1 cm³/mol. The molecule has 0 bridgehead atoms. The number of rotatable bonds is 2. The molecule has 3 aromatic rings. The zero-order chi connectivity index (χ0) is 16.5. The van der Waals surface area contributed by atoms with Crippen LogP contribution in [-0.2, 0) is 11.3 Å². The van der Waals surface area contributed by atoms with Gasteiger partial charge in [-0.3, -0.25) is 19.1 Å². The van der Waals surface area contributed by atoms with Crippen molar-refractivity contribution in [1.29, 1.82) is 0 Å². The topological polar surface area (TPSA) is 76.9 Å². The largest absolute Gasteiger partial charge is 0.326 e. The highest BCUT2D eigenvalue weighted by Gasteiger charge is 2.26. The quantitative estimate of drug-likeness (QED) is 0.725. The predicted octanol–water partition coefficient (Wildman–Crippen LogP) is 2.15. The van der Waals surface area contributed by atoms with Gasteiger partial charge in [0.1, 0.15) is 0 Å². The highest BCUT2D eigenvalue weighted by atomic mass is 32.2. The van der Waals surface area contributed by atoms with Crippen LogP contribution in [0.2, 0.25) is 0 Å². The number of nitrogens with one attached hydrogen (secondary N) is 1. The molecule has 0 spiro atoms. The standard InChI is InChI=1S/C17H14N4O2S/c22-15-5-7-19-17-21(15)9-12(10-24-17)16(23)20-13-3-4-14-11(8-13)2-1-6-18-14/h1-8,12H,9-10H2,(H,20,23). The molecule has 24 heavy (non-hydrogen) atoms. The van der Waals surface area contributed by atoms with Gasteiger partial charge in [0.25, 0.3) is 5.56 Å². The first kappa shape index (κ1) is 14.9. The summed E-state index contributed by atoms with van der Waals surface area (Å²) in [6.07, 6.45) is 3.24. The van der Waals surface area contributed by atoms with Crippen molar-refractivity contribution in [1.82, 2.24) is 14.5 Å². The lowest BCUT2D eigenvalue weighted by atomic mass is 10.1. The van der Waals surface area contributed by atoms with Gasteiger partial charge in [0, 0.05) is 41.8 Å². The highest BCUT2D eigenvalue weighted by Crippen LogP contribution is 2.26. The first-order valence-electron chi connectivity index (χ1n) is 7.55. The van der Waals surface area contributed by atoms with Gasteiger partial charge in [-0.05, 0) is 24.3 Å². The van der Waals surface area contributed by atoms with Crippen molar-refractivity contribution in [3.8, 4) is 0 Å². The number of thioether (sulfide) groups is 1. The number of hydrogen-bond acceptors (Lipinski definition) is 5. The monoisotopic (exact) mass is 338 g/mol. The van der Waals surface area contributed by atoms with E-state index in [0.717, 1.165) is 16.6 Å². The SMILES string of the molecule is O=C(Nc1ccc2ncccc2c1)C1CSc2nccc(=O)n2C1. The molecule has 120 valence electrons. The molecule has 0 saturated carbocycles. The second-order valence-corrected chi connectivity index (χ2v) is 6.57. The molecular weight excluding hydrogens is 324 g/mol. The fraction of sp³-hybridized carbons (Fsp3) is 0.176. The number of carbonyl (C=O) groups excluding carboxylic acids is 1. The van der Waals surface area contributed by atoms with Crippen LogP contribution in [0, 0.1) is 5.92 Å². The van der Waals surface area contributed by atoms with Crippen molar-refractivity contribution >= 4 is 34.3 Å². The molecule has 1 amide bonds. The van der Waals surface area contributed by atoms with Gasteiger partial charge in [0.15, 0.2) is 5.16 Å². The van der Waals surface area contributed by atoms with E-state index in [2.05, 4.69) is 15.3 Å². The van der Waals surface area contributed by atoms with Crippen LogP contribution >= 0.6 is 11.8 Å². The van der Waals surface area contributed by atoms with Crippen molar-refractivity contribution in [3.63, 3.8) is 0 Å². The van der Waals surface area contributed by atoms with Crippen molar-refractivity contribution in [2.45, 2.75) is 11.7 Å². The molecule has 0 fully saturated rings. The van der Waals surface area contributed by atoms with E-state index >= 15 is 0 Å². The smallest absolute Gasteiger partial charge is 0.254 e. The van der Waals surface area contributed by atoms with Crippen LogP contribution in [0.15, 0.2) is 58.7 Å². The number of carbonyl (C=O) groups is 1. The maximum absolute atomic E-state index is 12.5. The summed E-state index contributed by atoms with van der Waals surface area (Å²) in [5, 5.41) is 4.58. The zero-order valence-electron chi connectivity index (χ0n) is 12.7. The van der Waals surface area contributed by atoms with Crippen molar-refractivity contribution in [2.24, 2.45) is 5.92 Å². The lowest BCUT2D eigenvalue weighted by Crippen LogP contribution is -2.36. The van der Waals surface area contributed by atoms with E-state index in [1.165, 1.54) is 24.0 Å². The minimum absolute atomic E-state index is 0.0906. The normalized spacial score (nSPS) is 16.6. The average Bonchev–Trinajstić information content (AvgIpc) is 2.62. The molecule has 1 N–H and O–H groups in total. The van der Waals surface area contributed by atoms with Crippen molar-refractivity contribution < 1.29 is 4.79 Å². The molecule has 1 unspecified atom stereocenters. The van der Waals surface area contributed by atoms with Gasteiger partial charge < -0.3 is 5.32 Å². The lowest BCUT2D eigenvalue weighted by Gasteiger charge is -2.23. The zero-order valence-corrected chi connectivity index (χ0v) is 13.5. The summed E-state index contributed by atoms with van der Waals surface area (Å²) < 4.78 is 1.56. The van der Waals surface area contributed by atoms with Crippen LogP contribution in [0.1, 0.15) is 0 Å². The molecule has 0 aliphatic carbocycles. The third-order valence-corrected chi connectivity index (χ3v) is 5.11. The Balaban J connectivity index is 1.54. The number of amides is 1. The third kappa shape index (κ3) is 2.78. The van der Waals surface area contributed by atoms with Gasteiger partial charge in [0.05, 0.1) is 11.4 Å². The molecular formula is C17H14N4O2S. The summed E-state index contributed by atoms with van der Waals surface area (Å²) in [6, 6.07) is 10.9. The van der Waals surface area contributed by atoms with Gasteiger partial charge in [-0.15, -0.1) is 0 Å². The van der Waals surface area contributed by atoms with Crippen molar-refractivity contribution in [2.75, 3.05) is 11.1 Å². The molecule has 2 aromatic heterocycles. The van der Waals surface area contributed by atoms with Crippen LogP contribution in [0.3, 0.4) is 0 Å². The summed E-state index contributed by atoms with van der Waals surface area (Å²) in [5.74, 6) is 0.248. The second-order valence-electron chi connectivity index (χ2n) is 5.58. The van der Waals surface area contributed by atoms with Gasteiger partial charge in [-0.2, -0.15) is 0 Å². The van der Waals surface area contributed by atoms with Crippen LogP contribution < -0.4 is 10.9 Å². The number of nitrogens with zero attached hydrogens (tertiary/aromatic N) is 3. The molecule has 4 rings (SSSR count). The fourth-order valence-corrected chi connectivity index (χ4v) is 3.77. The summed E-state index contributed by atoms with van der Waals surface area (Å²) in [6.45, 7) is 0.357. The van der Waals surface area contributed by atoms with Gasteiger partial charge in [-0.1, -0.05) is 17.8 Å². The molecule has 1 aliphatic rings. The van der Waals surface area contributed by atoms with Crippen LogP contribution in [0.25, 0.3) is 10.9 Å². The molecule has 7 heteroatoms. The van der Waals surface area contributed by atoms with Gasteiger partial charge in [-0.25, -0.2) is 4.98 Å². The summed E-state index contributed by atoms with van der Waals surface area (Å²) >= 11 is 1.43. The Kier molecular flexibility index (Phi) is 3.78. The van der Waals surface area contributed by atoms with E-state index in [0.29, 0.717) is 17.5 Å². The lowest BCUT2D eigenvalue weighted by molar-refractivity contribution is -0.119. The molecule has 1 aromatic carbocycles. The Morgan fingerprint density at radius 1 is 1.21 bits per heavy atom. The van der Waals surface area contributed by atoms with Crippen LogP contribution in [-0.4, -0.2) is 26.2 Å². The fourth-order valence-electron chi connectivity index (χ4n) is 2.71. The number of anilines is 1. The maximum Gasteiger partial charge on any atom is 0.254 e. The van der Waals surface area contributed by atoms with E-state index in [-0.39, 0.29) is 17.4 Å². The number of hydrogen-bond donors (Lipinski definition) is 1. The number of aromatic nitrogens is 3. The van der Waals surface area contributed by atoms with Gasteiger partial charge in [0.2, 0.25) is 5.91 Å². The first-order valence-corrected chi connectivity index (χ1v) is 8.53. The van der Waals surface area contributed by atoms with Crippen molar-refractivity contribution in [3.05, 3.63) is 59.1 Å². The van der Waals surface area contributed by atoms with Crippen LogP contribution in [0.4, 0.5) is 5.69 Å². The summed E-state index contributed by atoms with van der Waals surface area (Å²) in [4.78, 5) is 32.9. The number of fused-ring (bicyclic) bond motifs is 2. The maximum atomic E-state index is 12.5. The average molecular weight is 338 g/mol. The third-order valence-electron chi connectivity index (χ3n) is 3.96. The summed E-state index contributed by atoms with van der Waals surface area (Å²) in [7, 11) is 0. The molecule has 3 heterocycles. The van der Waals surface area contributed by atoms with Gasteiger partial charge >= 0.3 is 0 Å². The van der Waals surface area contributed by atoms with E-state index in [9.17, 15) is 9.59 Å². The minimum atomic E-state index is -0.269. The second kappa shape index (κ2) is 6.09. The van der Waals surface area contributed by atoms with E-state index in [1.54, 1.807) is 10.8 Å². The molecule has 0 radical (unpaired) electrons. The van der Waals surface area contributed by atoms with Crippen LogP contribution in [0.5, 0.6) is 0 Å². The Labute approximate surface area is 141 Å². The van der Waals surface area contributed by atoms with E-state index < -0.39 is 0 Å². The Morgan fingerprint density at radius 2 is 2.12 bits per heavy atom. The van der Waals surface area contributed by atoms with E-state index in [1.807, 2.05) is 30.3 Å². The number of pyridine rings is 1. The summed E-state index contributed by atoms with van der Waals surface area (Å²) in [5.41, 5.74) is 1.49. The molecule has 1 atom stereocenters. The Bertz CT molecular complexity index is 985. The number of benzene rings is 1. The molecule has 6 nitrogen and oxygen atoms in total. The minimum Gasteiger partial charge on any atom is -0.326 e. The van der Waals surface area contributed by atoms with E-state index in [4.69, 9.17) is 0 Å². The Morgan fingerprint density at radius 3 is 3.04 bits per heavy atom. The molecule has 0 saturated heterocycles.